The van der Waals surface area contributed by atoms with E-state index in [4.69, 9.17) is 4.42 Å². The van der Waals surface area contributed by atoms with Gasteiger partial charge in [-0.25, -0.2) is 13.1 Å². The fourth-order valence-corrected chi connectivity index (χ4v) is 2.49. The highest BCUT2D eigenvalue weighted by Gasteiger charge is 2.21. The van der Waals surface area contributed by atoms with Crippen LogP contribution in [0.3, 0.4) is 0 Å². The molecule has 0 radical (unpaired) electrons. The Morgan fingerprint density at radius 2 is 2.16 bits per heavy atom. The molecule has 2 heterocycles. The second-order valence-corrected chi connectivity index (χ2v) is 5.28. The Morgan fingerprint density at radius 1 is 1.37 bits per heavy atom. The molecule has 0 saturated carbocycles. The Kier molecular flexibility index (Phi) is 3.65. The number of anilines is 2. The largest absolute Gasteiger partial charge is 0.408 e. The highest BCUT2D eigenvalue weighted by Crippen LogP contribution is 2.21. The van der Waals surface area contributed by atoms with E-state index in [1.807, 2.05) is 6.92 Å². The fourth-order valence-electron chi connectivity index (χ4n) is 1.44. The lowest BCUT2D eigenvalue weighted by atomic mass is 10.4. The average molecular weight is 283 g/mol. The van der Waals surface area contributed by atoms with Crippen LogP contribution in [0, 0.1) is 6.92 Å². The summed E-state index contributed by atoms with van der Waals surface area (Å²) in [5.74, 6) is 0.274. The highest BCUT2D eigenvalue weighted by atomic mass is 32.2. The molecule has 0 unspecified atom stereocenters. The zero-order chi connectivity index (χ0) is 13.9. The van der Waals surface area contributed by atoms with E-state index in [1.165, 1.54) is 12.4 Å². The maximum absolute atomic E-state index is 12.2. The molecule has 0 aliphatic heterocycles. The summed E-state index contributed by atoms with van der Waals surface area (Å²) in [4.78, 5) is 3.84. The summed E-state index contributed by atoms with van der Waals surface area (Å²) < 4.78 is 31.6. The van der Waals surface area contributed by atoms with E-state index in [2.05, 4.69) is 25.2 Å². The summed E-state index contributed by atoms with van der Waals surface area (Å²) in [7, 11) is -3.82. The van der Waals surface area contributed by atoms with E-state index >= 15 is 0 Å². The van der Waals surface area contributed by atoms with Gasteiger partial charge in [-0.05, 0) is 13.0 Å². The summed E-state index contributed by atoms with van der Waals surface area (Å²) in [6.45, 7) is 4.02. The summed E-state index contributed by atoms with van der Waals surface area (Å²) in [5, 5.41) is 10.1. The number of pyridine rings is 1. The minimum absolute atomic E-state index is 0.0210. The molecule has 8 nitrogen and oxygen atoms in total. The zero-order valence-corrected chi connectivity index (χ0v) is 11.2. The molecule has 2 aromatic heterocycles. The van der Waals surface area contributed by atoms with Crippen LogP contribution in [0.1, 0.15) is 12.8 Å². The van der Waals surface area contributed by atoms with Gasteiger partial charge in [-0.1, -0.05) is 5.10 Å². The molecule has 0 aliphatic carbocycles. The molecule has 0 bridgehead atoms. The zero-order valence-electron chi connectivity index (χ0n) is 10.4. The number of aromatic nitrogens is 3. The third-order valence-corrected chi connectivity index (χ3v) is 3.54. The molecule has 9 heteroatoms. The molecule has 19 heavy (non-hydrogen) atoms. The van der Waals surface area contributed by atoms with Gasteiger partial charge >= 0.3 is 6.01 Å². The summed E-state index contributed by atoms with van der Waals surface area (Å²) in [5.41, 5.74) is 0.459. The van der Waals surface area contributed by atoms with Gasteiger partial charge < -0.3 is 9.73 Å². The fraction of sp³-hybridized carbons (Fsp3) is 0.300. The number of nitrogens with one attached hydrogen (secondary N) is 2. The van der Waals surface area contributed by atoms with E-state index < -0.39 is 10.0 Å². The number of aryl methyl sites for hydroxylation is 1. The highest BCUT2D eigenvalue weighted by molar-refractivity contribution is 7.92. The number of sulfonamides is 1. The van der Waals surface area contributed by atoms with Crippen LogP contribution in [0.25, 0.3) is 0 Å². The third-order valence-electron chi connectivity index (χ3n) is 2.19. The van der Waals surface area contributed by atoms with E-state index in [-0.39, 0.29) is 16.8 Å². The quantitative estimate of drug-likeness (QED) is 0.842. The maximum Gasteiger partial charge on any atom is 0.329 e. The van der Waals surface area contributed by atoms with Crippen molar-refractivity contribution >= 4 is 21.7 Å². The monoisotopic (exact) mass is 283 g/mol. The number of hydrogen-bond donors (Lipinski definition) is 2. The van der Waals surface area contributed by atoms with Crippen LogP contribution in [-0.4, -0.2) is 30.1 Å². The second kappa shape index (κ2) is 5.22. The third kappa shape index (κ3) is 2.99. The Balaban J connectivity index is 2.34. The molecule has 0 aromatic carbocycles. The molecule has 0 spiro atoms. The molecule has 0 atom stereocenters. The molecule has 0 saturated heterocycles. The second-order valence-electron chi connectivity index (χ2n) is 3.63. The minimum atomic E-state index is -3.82. The predicted molar refractivity (Wildman–Crippen MR) is 68.2 cm³/mol. The van der Waals surface area contributed by atoms with Gasteiger partial charge in [-0.3, -0.25) is 4.98 Å². The Bertz CT molecular complexity index is 667. The Morgan fingerprint density at radius 3 is 2.79 bits per heavy atom. The summed E-state index contributed by atoms with van der Waals surface area (Å²) >= 11 is 0. The van der Waals surface area contributed by atoms with Gasteiger partial charge in [-0.15, -0.1) is 5.10 Å². The van der Waals surface area contributed by atoms with Crippen LogP contribution in [0.15, 0.2) is 27.8 Å². The van der Waals surface area contributed by atoms with Crippen molar-refractivity contribution < 1.29 is 12.8 Å². The SMILES string of the molecule is CCNc1ccncc1S(=O)(=O)Nc1nnc(C)o1. The van der Waals surface area contributed by atoms with Crippen molar-refractivity contribution in [2.75, 3.05) is 16.6 Å². The molecule has 0 aliphatic rings. The van der Waals surface area contributed by atoms with Gasteiger partial charge in [0.1, 0.15) is 4.90 Å². The first-order valence-corrected chi connectivity index (χ1v) is 7.02. The van der Waals surface area contributed by atoms with E-state index in [0.717, 1.165) is 0 Å². The van der Waals surface area contributed by atoms with Crippen LogP contribution < -0.4 is 10.0 Å². The van der Waals surface area contributed by atoms with Crippen molar-refractivity contribution in [1.82, 2.24) is 15.2 Å². The molecule has 0 amide bonds. The molecule has 2 aromatic rings. The number of nitrogens with zero attached hydrogens (tertiary/aromatic N) is 3. The topological polar surface area (TPSA) is 110 Å². The molecule has 102 valence electrons. The van der Waals surface area contributed by atoms with E-state index in [0.29, 0.717) is 12.2 Å². The average Bonchev–Trinajstić information content (AvgIpc) is 2.75. The van der Waals surface area contributed by atoms with Gasteiger partial charge in [0.25, 0.3) is 10.0 Å². The van der Waals surface area contributed by atoms with Gasteiger partial charge in [0.15, 0.2) is 0 Å². The normalized spacial score (nSPS) is 11.3. The molecule has 0 fully saturated rings. The van der Waals surface area contributed by atoms with Crippen LogP contribution in [0.4, 0.5) is 11.7 Å². The first kappa shape index (κ1) is 13.3. The lowest BCUT2D eigenvalue weighted by Gasteiger charge is -2.10. The van der Waals surface area contributed by atoms with E-state index in [9.17, 15) is 8.42 Å². The molecule has 2 N–H and O–H groups in total. The van der Waals surface area contributed by atoms with Crippen molar-refractivity contribution in [1.29, 1.82) is 0 Å². The number of hydrogen-bond acceptors (Lipinski definition) is 7. The Labute approximate surface area is 110 Å². The lowest BCUT2D eigenvalue weighted by molar-refractivity contribution is 0.534. The van der Waals surface area contributed by atoms with Crippen LogP contribution in [0.5, 0.6) is 0 Å². The van der Waals surface area contributed by atoms with Crippen LogP contribution >= 0.6 is 0 Å². The van der Waals surface area contributed by atoms with Crippen molar-refractivity contribution in [3.05, 3.63) is 24.4 Å². The minimum Gasteiger partial charge on any atom is -0.408 e. The lowest BCUT2D eigenvalue weighted by Crippen LogP contribution is -2.16. The standard InChI is InChI=1S/C10H13N5O3S/c1-3-12-8-4-5-11-6-9(8)19(16,17)15-10-14-13-7(2)18-10/h4-6H,3H2,1-2H3,(H,11,12)(H,14,15). The molecular formula is C10H13N5O3S. The summed E-state index contributed by atoms with van der Waals surface area (Å²) in [6.07, 6.45) is 2.76. The van der Waals surface area contributed by atoms with Gasteiger partial charge in [0.05, 0.1) is 5.69 Å². The molecular weight excluding hydrogens is 270 g/mol. The maximum atomic E-state index is 12.2. The van der Waals surface area contributed by atoms with Crippen molar-refractivity contribution in [3.8, 4) is 0 Å². The smallest absolute Gasteiger partial charge is 0.329 e. The predicted octanol–water partition coefficient (Wildman–Crippen LogP) is 1.01. The van der Waals surface area contributed by atoms with Crippen molar-refractivity contribution in [2.24, 2.45) is 0 Å². The molecule has 2 rings (SSSR count). The summed E-state index contributed by atoms with van der Waals surface area (Å²) in [6, 6.07) is 1.40. The van der Waals surface area contributed by atoms with Crippen molar-refractivity contribution in [3.63, 3.8) is 0 Å². The first-order valence-electron chi connectivity index (χ1n) is 5.53. The van der Waals surface area contributed by atoms with E-state index in [1.54, 1.807) is 13.0 Å². The van der Waals surface area contributed by atoms with Gasteiger partial charge in [0, 0.05) is 25.9 Å². The number of rotatable bonds is 5. The van der Waals surface area contributed by atoms with Gasteiger partial charge in [0.2, 0.25) is 5.89 Å². The van der Waals surface area contributed by atoms with Crippen LogP contribution in [-0.2, 0) is 10.0 Å². The van der Waals surface area contributed by atoms with Gasteiger partial charge in [-0.2, -0.15) is 0 Å². The van der Waals surface area contributed by atoms with Crippen molar-refractivity contribution in [2.45, 2.75) is 18.7 Å². The first-order chi connectivity index (χ1) is 9.03. The Hall–Kier alpha value is -2.16. The van der Waals surface area contributed by atoms with Crippen LogP contribution in [0.2, 0.25) is 0 Å².